The van der Waals surface area contributed by atoms with Crippen LogP contribution in [0, 0.1) is 12.8 Å². The van der Waals surface area contributed by atoms with Gasteiger partial charge in [0, 0.05) is 31.8 Å². The van der Waals surface area contributed by atoms with E-state index in [1.165, 1.54) is 25.1 Å². The molecule has 0 spiro atoms. The molecule has 6 heteroatoms. The van der Waals surface area contributed by atoms with Gasteiger partial charge in [-0.1, -0.05) is 19.1 Å². The molecule has 3 rings (SSSR count). The molecule has 0 radical (unpaired) electrons. The second-order valence-corrected chi connectivity index (χ2v) is 8.18. The fourth-order valence-corrected chi connectivity index (χ4v) is 4.00. The Morgan fingerprint density at radius 1 is 1.28 bits per heavy atom. The summed E-state index contributed by atoms with van der Waals surface area (Å²) in [5.41, 5.74) is 2.32. The molecule has 2 saturated heterocycles. The number of nitrogens with one attached hydrogen (secondary N) is 2. The van der Waals surface area contributed by atoms with Gasteiger partial charge in [0.05, 0.1) is 12.6 Å². The molecule has 162 valence electrons. The summed E-state index contributed by atoms with van der Waals surface area (Å²) in [6, 6.07) is 6.36. The Hall–Kier alpha value is -1.79. The summed E-state index contributed by atoms with van der Waals surface area (Å²) in [5.74, 6) is 2.51. The van der Waals surface area contributed by atoms with Crippen molar-refractivity contribution in [2.45, 2.75) is 52.7 Å². The summed E-state index contributed by atoms with van der Waals surface area (Å²) in [6.45, 7) is 13.9. The summed E-state index contributed by atoms with van der Waals surface area (Å²) >= 11 is 0. The Bertz CT molecular complexity index is 658. The molecular weight excluding hydrogens is 364 g/mol. The van der Waals surface area contributed by atoms with Gasteiger partial charge in [0.25, 0.3) is 0 Å². The zero-order chi connectivity index (χ0) is 20.5. The molecule has 0 bridgehead atoms. The van der Waals surface area contributed by atoms with Gasteiger partial charge in [-0.3, -0.25) is 0 Å². The van der Waals surface area contributed by atoms with Crippen molar-refractivity contribution < 1.29 is 9.47 Å². The number of benzene rings is 1. The second kappa shape index (κ2) is 11.4. The molecule has 0 aliphatic carbocycles. The van der Waals surface area contributed by atoms with Crippen LogP contribution in [0.4, 0.5) is 0 Å². The Morgan fingerprint density at radius 2 is 2.17 bits per heavy atom. The first kappa shape index (κ1) is 21.9. The molecule has 1 aromatic carbocycles. The number of hydrogen-bond donors (Lipinski definition) is 2. The maximum atomic E-state index is 6.12. The van der Waals surface area contributed by atoms with Crippen molar-refractivity contribution in [3.8, 4) is 5.75 Å². The van der Waals surface area contributed by atoms with Crippen LogP contribution in [-0.4, -0.2) is 62.9 Å². The molecule has 2 fully saturated rings. The van der Waals surface area contributed by atoms with Crippen LogP contribution in [-0.2, 0) is 11.3 Å². The zero-order valence-corrected chi connectivity index (χ0v) is 18.4. The van der Waals surface area contributed by atoms with E-state index in [1.807, 2.05) is 0 Å². The third-order valence-corrected chi connectivity index (χ3v) is 5.80. The van der Waals surface area contributed by atoms with Crippen molar-refractivity contribution in [1.29, 1.82) is 0 Å². The van der Waals surface area contributed by atoms with Crippen LogP contribution in [0.3, 0.4) is 0 Å². The fraction of sp³-hybridized carbons (Fsp3) is 0.696. The SMILES string of the molecule is CCNC(=NCc1ccc(C)cc1OCC1CCCO1)NCC1CCN(CC)C1. The third-order valence-electron chi connectivity index (χ3n) is 5.80. The lowest BCUT2D eigenvalue weighted by Crippen LogP contribution is -2.40. The van der Waals surface area contributed by atoms with Crippen molar-refractivity contribution in [2.75, 3.05) is 45.9 Å². The number of aliphatic imine (C=N–C) groups is 1. The molecule has 0 saturated carbocycles. The molecule has 2 heterocycles. The highest BCUT2D eigenvalue weighted by Crippen LogP contribution is 2.23. The van der Waals surface area contributed by atoms with Crippen LogP contribution in [0.2, 0.25) is 0 Å². The largest absolute Gasteiger partial charge is 0.491 e. The standard InChI is InChI=1S/C23H38N4O2/c1-4-24-23(25-14-19-10-11-27(5-2)16-19)26-15-20-9-8-18(3)13-22(20)29-17-21-7-6-12-28-21/h8-9,13,19,21H,4-7,10-12,14-17H2,1-3H3,(H2,24,25,26). The minimum Gasteiger partial charge on any atom is -0.491 e. The van der Waals surface area contributed by atoms with Gasteiger partial charge in [-0.2, -0.15) is 0 Å². The maximum Gasteiger partial charge on any atom is 0.191 e. The van der Waals surface area contributed by atoms with Gasteiger partial charge in [0.15, 0.2) is 5.96 Å². The first-order valence-corrected chi connectivity index (χ1v) is 11.3. The Kier molecular flexibility index (Phi) is 8.62. The predicted molar refractivity (Wildman–Crippen MR) is 119 cm³/mol. The highest BCUT2D eigenvalue weighted by atomic mass is 16.5. The average molecular weight is 403 g/mol. The molecule has 2 aliphatic heterocycles. The third kappa shape index (κ3) is 6.89. The highest BCUT2D eigenvalue weighted by molar-refractivity contribution is 5.79. The van der Waals surface area contributed by atoms with E-state index < -0.39 is 0 Å². The lowest BCUT2D eigenvalue weighted by Gasteiger charge is -2.17. The first-order valence-electron chi connectivity index (χ1n) is 11.3. The molecule has 2 unspecified atom stereocenters. The van der Waals surface area contributed by atoms with Crippen molar-refractivity contribution in [3.63, 3.8) is 0 Å². The van der Waals surface area contributed by atoms with Crippen molar-refractivity contribution >= 4 is 5.96 Å². The Balaban J connectivity index is 1.57. The van der Waals surface area contributed by atoms with Crippen LogP contribution in [0.5, 0.6) is 5.75 Å². The quantitative estimate of drug-likeness (QED) is 0.491. The van der Waals surface area contributed by atoms with Gasteiger partial charge >= 0.3 is 0 Å². The normalized spacial score (nSPS) is 22.8. The topological polar surface area (TPSA) is 58.1 Å². The smallest absolute Gasteiger partial charge is 0.191 e. The summed E-state index contributed by atoms with van der Waals surface area (Å²) in [6.07, 6.45) is 3.71. The number of nitrogens with zero attached hydrogens (tertiary/aromatic N) is 2. The number of aryl methyl sites for hydroxylation is 1. The van der Waals surface area contributed by atoms with Crippen LogP contribution in [0.25, 0.3) is 0 Å². The van der Waals surface area contributed by atoms with Crippen LogP contribution < -0.4 is 15.4 Å². The molecular formula is C23H38N4O2. The van der Waals surface area contributed by atoms with Gasteiger partial charge in [0.1, 0.15) is 12.4 Å². The van der Waals surface area contributed by atoms with Gasteiger partial charge in [0.2, 0.25) is 0 Å². The molecule has 0 amide bonds. The molecule has 1 aromatic rings. The number of ether oxygens (including phenoxy) is 2. The number of rotatable bonds is 9. The van der Waals surface area contributed by atoms with E-state index in [0.29, 0.717) is 19.1 Å². The van der Waals surface area contributed by atoms with E-state index in [4.69, 9.17) is 14.5 Å². The molecule has 29 heavy (non-hydrogen) atoms. The summed E-state index contributed by atoms with van der Waals surface area (Å²) in [7, 11) is 0. The minimum absolute atomic E-state index is 0.222. The van der Waals surface area contributed by atoms with Crippen LogP contribution in [0.1, 0.15) is 44.2 Å². The fourth-order valence-electron chi connectivity index (χ4n) is 4.00. The van der Waals surface area contributed by atoms with E-state index in [-0.39, 0.29) is 6.10 Å². The zero-order valence-electron chi connectivity index (χ0n) is 18.4. The molecule has 6 nitrogen and oxygen atoms in total. The van der Waals surface area contributed by atoms with Crippen molar-refractivity contribution in [3.05, 3.63) is 29.3 Å². The number of hydrogen-bond acceptors (Lipinski definition) is 4. The van der Waals surface area contributed by atoms with E-state index in [9.17, 15) is 0 Å². The lowest BCUT2D eigenvalue weighted by molar-refractivity contribution is 0.0676. The molecule has 0 aromatic heterocycles. The number of likely N-dealkylation sites (tertiary alicyclic amines) is 1. The molecule has 2 aliphatic rings. The van der Waals surface area contributed by atoms with Gasteiger partial charge in [-0.25, -0.2) is 4.99 Å². The maximum absolute atomic E-state index is 6.12. The Labute approximate surface area is 176 Å². The first-order chi connectivity index (χ1) is 14.2. The molecule has 2 N–H and O–H groups in total. The molecule has 2 atom stereocenters. The summed E-state index contributed by atoms with van der Waals surface area (Å²) in [4.78, 5) is 7.34. The van der Waals surface area contributed by atoms with E-state index in [2.05, 4.69) is 54.5 Å². The van der Waals surface area contributed by atoms with Crippen LogP contribution >= 0.6 is 0 Å². The van der Waals surface area contributed by atoms with E-state index >= 15 is 0 Å². The lowest BCUT2D eigenvalue weighted by atomic mass is 10.1. The highest BCUT2D eigenvalue weighted by Gasteiger charge is 2.21. The summed E-state index contributed by atoms with van der Waals surface area (Å²) < 4.78 is 11.8. The van der Waals surface area contributed by atoms with Crippen LogP contribution in [0.15, 0.2) is 23.2 Å². The van der Waals surface area contributed by atoms with Gasteiger partial charge in [-0.15, -0.1) is 0 Å². The second-order valence-electron chi connectivity index (χ2n) is 8.18. The number of guanidine groups is 1. The van der Waals surface area contributed by atoms with E-state index in [0.717, 1.165) is 56.4 Å². The Morgan fingerprint density at radius 3 is 2.90 bits per heavy atom. The van der Waals surface area contributed by atoms with E-state index in [1.54, 1.807) is 0 Å². The predicted octanol–water partition coefficient (Wildman–Crippen LogP) is 2.95. The van der Waals surface area contributed by atoms with Crippen molar-refractivity contribution in [1.82, 2.24) is 15.5 Å². The monoisotopic (exact) mass is 402 g/mol. The van der Waals surface area contributed by atoms with Gasteiger partial charge in [-0.05, 0) is 63.7 Å². The van der Waals surface area contributed by atoms with Gasteiger partial charge < -0.3 is 25.0 Å². The summed E-state index contributed by atoms with van der Waals surface area (Å²) in [5, 5.41) is 6.91. The average Bonchev–Trinajstić information content (AvgIpc) is 3.41. The van der Waals surface area contributed by atoms with Crippen molar-refractivity contribution in [2.24, 2.45) is 10.9 Å². The minimum atomic E-state index is 0.222.